The van der Waals surface area contributed by atoms with E-state index in [1.54, 1.807) is 36.4 Å². The van der Waals surface area contributed by atoms with Gasteiger partial charge in [0.1, 0.15) is 5.76 Å². The summed E-state index contributed by atoms with van der Waals surface area (Å²) in [4.78, 5) is 24.3. The average Bonchev–Trinajstić information content (AvgIpc) is 2.47. The molecular weight excluding hydrogens is 367 g/mol. The highest BCUT2D eigenvalue weighted by atomic mass is 127. The normalized spacial score (nSPS) is 14.4. The van der Waals surface area contributed by atoms with Crippen LogP contribution in [0.25, 0.3) is 11.3 Å². The van der Waals surface area contributed by atoms with Gasteiger partial charge in [-0.25, -0.2) is 0 Å². The quantitative estimate of drug-likeness (QED) is 0.613. The molecule has 0 aromatic heterocycles. The van der Waals surface area contributed by atoms with Crippen molar-refractivity contribution in [3.63, 3.8) is 0 Å². The molecule has 0 spiro atoms. The minimum absolute atomic E-state index is 0.0742. The molecule has 4 heteroatoms. The van der Waals surface area contributed by atoms with Crippen molar-refractivity contribution >= 4 is 45.5 Å². The Morgan fingerprint density at radius 1 is 0.800 bits per heavy atom. The van der Waals surface area contributed by atoms with Gasteiger partial charge in [0.2, 0.25) is 11.6 Å². The summed E-state index contributed by atoms with van der Waals surface area (Å²) in [5, 5.41) is 10.3. The van der Waals surface area contributed by atoms with Crippen molar-refractivity contribution in [1.29, 1.82) is 0 Å². The maximum Gasteiger partial charge on any atom is 0.237 e. The van der Waals surface area contributed by atoms with Gasteiger partial charge in [0.05, 0.1) is 5.57 Å². The van der Waals surface area contributed by atoms with E-state index in [1.807, 2.05) is 12.1 Å². The van der Waals surface area contributed by atoms with Crippen LogP contribution in [0.4, 0.5) is 0 Å². The highest BCUT2D eigenvalue weighted by molar-refractivity contribution is 14.1. The number of carbonyl (C=O) groups is 2. The Morgan fingerprint density at radius 3 is 2.05 bits per heavy atom. The van der Waals surface area contributed by atoms with Crippen molar-refractivity contribution in [2.24, 2.45) is 0 Å². The maximum atomic E-state index is 12.2. The Bertz CT molecular complexity index is 758. The van der Waals surface area contributed by atoms with E-state index >= 15 is 0 Å². The van der Waals surface area contributed by atoms with E-state index in [9.17, 15) is 14.7 Å². The van der Waals surface area contributed by atoms with Gasteiger partial charge in [0.25, 0.3) is 0 Å². The third kappa shape index (κ3) is 1.96. The van der Waals surface area contributed by atoms with Gasteiger partial charge in [0, 0.05) is 14.7 Å². The molecule has 0 amide bonds. The number of aliphatic hydroxyl groups excluding tert-OH is 1. The third-order valence-electron chi connectivity index (χ3n) is 3.23. The minimum Gasteiger partial charge on any atom is -0.506 e. The highest BCUT2D eigenvalue weighted by Gasteiger charge is 2.33. The predicted octanol–water partition coefficient (Wildman–Crippen LogP) is 3.48. The van der Waals surface area contributed by atoms with Crippen LogP contribution in [-0.2, 0) is 4.79 Å². The molecule has 3 nitrogen and oxygen atoms in total. The van der Waals surface area contributed by atoms with Crippen molar-refractivity contribution in [2.75, 3.05) is 0 Å². The fourth-order valence-corrected chi connectivity index (χ4v) is 2.61. The Balaban J connectivity index is 2.26. The van der Waals surface area contributed by atoms with Crippen LogP contribution in [0, 0.1) is 3.57 Å². The maximum absolute atomic E-state index is 12.2. The highest BCUT2D eigenvalue weighted by Crippen LogP contribution is 2.33. The van der Waals surface area contributed by atoms with Gasteiger partial charge in [0.15, 0.2) is 0 Å². The summed E-state index contributed by atoms with van der Waals surface area (Å²) in [6.45, 7) is 0. The predicted molar refractivity (Wildman–Crippen MR) is 84.4 cm³/mol. The van der Waals surface area contributed by atoms with Crippen LogP contribution in [0.5, 0.6) is 0 Å². The van der Waals surface area contributed by atoms with Gasteiger partial charge in [-0.3, -0.25) is 9.59 Å². The van der Waals surface area contributed by atoms with Crippen LogP contribution >= 0.6 is 22.6 Å². The molecule has 2 aromatic rings. The first-order valence-corrected chi connectivity index (χ1v) is 7.05. The van der Waals surface area contributed by atoms with E-state index in [0.717, 1.165) is 3.57 Å². The molecule has 2 aromatic carbocycles. The van der Waals surface area contributed by atoms with Gasteiger partial charge in [-0.1, -0.05) is 36.4 Å². The molecule has 0 bridgehead atoms. The molecule has 0 radical (unpaired) electrons. The smallest absolute Gasteiger partial charge is 0.237 e. The number of Topliss-reactive ketones (excluding diaryl/α,β-unsaturated/α-hetero) is 2. The zero-order chi connectivity index (χ0) is 14.3. The second-order valence-electron chi connectivity index (χ2n) is 4.43. The summed E-state index contributed by atoms with van der Waals surface area (Å²) in [6, 6.07) is 13.7. The summed E-state index contributed by atoms with van der Waals surface area (Å²) in [5.41, 5.74) is 1.29. The number of hydrogen-bond donors (Lipinski definition) is 1. The lowest BCUT2D eigenvalue weighted by Crippen LogP contribution is -2.23. The minimum atomic E-state index is -0.664. The van der Waals surface area contributed by atoms with Crippen LogP contribution in [0.15, 0.2) is 48.5 Å². The van der Waals surface area contributed by atoms with Crippen LogP contribution in [0.2, 0.25) is 0 Å². The second-order valence-corrected chi connectivity index (χ2v) is 5.68. The van der Waals surface area contributed by atoms with Crippen LogP contribution in [0.1, 0.15) is 21.5 Å². The van der Waals surface area contributed by atoms with E-state index in [4.69, 9.17) is 0 Å². The molecule has 0 fully saturated rings. The van der Waals surface area contributed by atoms with Crippen molar-refractivity contribution in [3.8, 4) is 0 Å². The van der Waals surface area contributed by atoms with Crippen molar-refractivity contribution in [2.45, 2.75) is 0 Å². The number of halogens is 1. The van der Waals surface area contributed by atoms with Gasteiger partial charge < -0.3 is 5.11 Å². The number of allylic oxidation sites excluding steroid dienone is 1. The molecule has 1 aliphatic carbocycles. The Kier molecular flexibility index (Phi) is 3.17. The molecule has 0 aliphatic heterocycles. The molecule has 20 heavy (non-hydrogen) atoms. The van der Waals surface area contributed by atoms with E-state index in [2.05, 4.69) is 22.6 Å². The van der Waals surface area contributed by atoms with Gasteiger partial charge in [-0.2, -0.15) is 0 Å². The summed E-state index contributed by atoms with van der Waals surface area (Å²) in [7, 11) is 0. The molecule has 0 unspecified atom stereocenters. The number of benzene rings is 2. The average molecular weight is 376 g/mol. The molecule has 0 atom stereocenters. The zero-order valence-electron chi connectivity index (χ0n) is 10.3. The third-order valence-corrected chi connectivity index (χ3v) is 3.95. The topological polar surface area (TPSA) is 54.4 Å². The lowest BCUT2D eigenvalue weighted by atomic mass is 9.85. The van der Waals surface area contributed by atoms with Crippen LogP contribution < -0.4 is 0 Å². The summed E-state index contributed by atoms with van der Waals surface area (Å²) in [5.74, 6) is -1.37. The number of hydrogen-bond acceptors (Lipinski definition) is 3. The van der Waals surface area contributed by atoms with Crippen molar-refractivity contribution < 1.29 is 14.7 Å². The Hall–Kier alpha value is -1.95. The fraction of sp³-hybridized carbons (Fsp3) is 0. The second kappa shape index (κ2) is 4.86. The Morgan fingerprint density at radius 2 is 1.40 bits per heavy atom. The summed E-state index contributed by atoms with van der Waals surface area (Å²) < 4.78 is 1.02. The van der Waals surface area contributed by atoms with Gasteiger partial charge in [-0.15, -0.1) is 0 Å². The van der Waals surface area contributed by atoms with E-state index in [0.29, 0.717) is 11.1 Å². The molecule has 98 valence electrons. The molecule has 1 aliphatic rings. The lowest BCUT2D eigenvalue weighted by molar-refractivity contribution is -0.110. The number of carbonyl (C=O) groups excluding carboxylic acids is 2. The van der Waals surface area contributed by atoms with Crippen LogP contribution in [-0.4, -0.2) is 16.7 Å². The molecule has 0 saturated heterocycles. The SMILES string of the molecule is O=C1C(=O)c2ccccc2C(O)=C1c1ccc(I)cc1. The standard InChI is InChI=1S/C16H9IO3/c17-10-7-5-9(6-8-10)13-14(18)11-3-1-2-4-12(11)15(19)16(13)20/h1-8,18H. The summed E-state index contributed by atoms with van der Waals surface area (Å²) in [6.07, 6.45) is 0. The molecule has 1 N–H and O–H groups in total. The fourth-order valence-electron chi connectivity index (χ4n) is 2.25. The number of rotatable bonds is 1. The molecule has 0 saturated carbocycles. The van der Waals surface area contributed by atoms with Gasteiger partial charge in [-0.05, 0) is 40.3 Å². The number of fused-ring (bicyclic) bond motifs is 1. The first kappa shape index (κ1) is 13.1. The molecule has 0 heterocycles. The monoisotopic (exact) mass is 376 g/mol. The zero-order valence-corrected chi connectivity index (χ0v) is 12.4. The summed E-state index contributed by atoms with van der Waals surface area (Å²) >= 11 is 2.15. The first-order valence-electron chi connectivity index (χ1n) is 5.97. The number of aliphatic hydroxyl groups is 1. The lowest BCUT2D eigenvalue weighted by Gasteiger charge is -2.17. The first-order chi connectivity index (χ1) is 9.59. The van der Waals surface area contributed by atoms with Crippen molar-refractivity contribution in [3.05, 3.63) is 68.8 Å². The van der Waals surface area contributed by atoms with E-state index in [1.165, 1.54) is 0 Å². The molecular formula is C16H9IO3. The Labute approximate surface area is 129 Å². The van der Waals surface area contributed by atoms with Crippen molar-refractivity contribution in [1.82, 2.24) is 0 Å². The van der Waals surface area contributed by atoms with Gasteiger partial charge >= 0.3 is 0 Å². The van der Waals surface area contributed by atoms with Crippen LogP contribution in [0.3, 0.4) is 0 Å². The largest absolute Gasteiger partial charge is 0.506 e. The number of ketones is 2. The molecule has 3 rings (SSSR count). The van der Waals surface area contributed by atoms with E-state index < -0.39 is 11.6 Å². The van der Waals surface area contributed by atoms with E-state index in [-0.39, 0.29) is 16.9 Å².